The molecule has 1 amide bonds. The van der Waals surface area contributed by atoms with E-state index in [1.165, 1.54) is 0 Å². The highest BCUT2D eigenvalue weighted by molar-refractivity contribution is 5.92. The van der Waals surface area contributed by atoms with Crippen molar-refractivity contribution in [2.75, 3.05) is 11.9 Å². The Morgan fingerprint density at radius 2 is 1.84 bits per heavy atom. The smallest absolute Gasteiger partial charge is 0.265 e. The molecule has 4 nitrogen and oxygen atoms in total. The van der Waals surface area contributed by atoms with E-state index >= 15 is 0 Å². The first-order chi connectivity index (χ1) is 9.29. The van der Waals surface area contributed by atoms with Crippen LogP contribution in [0.3, 0.4) is 0 Å². The molecule has 0 spiro atoms. The predicted molar refractivity (Wildman–Crippen MR) is 76.0 cm³/mol. The van der Waals surface area contributed by atoms with Gasteiger partial charge < -0.3 is 10.2 Å². The van der Waals surface area contributed by atoms with Gasteiger partial charge in [0.1, 0.15) is 0 Å². The molecule has 0 aliphatic rings. The molecule has 96 valence electrons. The normalized spacial score (nSPS) is 9.68. The number of nitrogens with one attached hydrogen (secondary N) is 1. The lowest BCUT2D eigenvalue weighted by Crippen LogP contribution is -2.16. The molecule has 0 fully saturated rings. The van der Waals surface area contributed by atoms with Gasteiger partial charge in [0.25, 0.3) is 5.91 Å². The Kier molecular flexibility index (Phi) is 4.29. The van der Waals surface area contributed by atoms with Crippen LogP contribution in [-0.4, -0.2) is 19.2 Å². The molecule has 19 heavy (non-hydrogen) atoms. The second-order valence-corrected chi connectivity index (χ2v) is 3.90. The average molecular weight is 254 g/mol. The van der Waals surface area contributed by atoms with Crippen LogP contribution in [0.4, 0.5) is 5.69 Å². The van der Waals surface area contributed by atoms with Gasteiger partial charge in [-0.15, -0.1) is 5.16 Å². The molecule has 4 heteroatoms. The fourth-order valence-electron chi connectivity index (χ4n) is 1.71. The largest absolute Gasteiger partial charge is 0.386 e. The summed E-state index contributed by atoms with van der Waals surface area (Å²) in [5.74, 6) is -0.266. The van der Waals surface area contributed by atoms with Crippen molar-refractivity contribution in [1.82, 2.24) is 0 Å². The molecule has 2 aromatic carbocycles. The number of rotatable bonds is 5. The minimum Gasteiger partial charge on any atom is -0.386 e. The first kappa shape index (κ1) is 12.8. The SMILES string of the molecule is C=NOCC(=O)Nc1cccc(-c2ccccc2)c1. The van der Waals surface area contributed by atoms with E-state index in [0.717, 1.165) is 16.8 Å². The number of oxime groups is 1. The number of nitrogens with zero attached hydrogens (tertiary/aromatic N) is 1. The maximum Gasteiger partial charge on any atom is 0.265 e. The minimum absolute atomic E-state index is 0.140. The Balaban J connectivity index is 2.11. The zero-order valence-electron chi connectivity index (χ0n) is 10.4. The zero-order chi connectivity index (χ0) is 13.5. The van der Waals surface area contributed by atoms with E-state index in [9.17, 15) is 4.79 Å². The quantitative estimate of drug-likeness (QED) is 0.658. The Bertz CT molecular complexity index is 567. The standard InChI is InChI=1S/C15H14N2O2/c1-16-19-11-15(18)17-14-9-5-8-13(10-14)12-6-3-2-4-7-12/h2-10H,1,11H2,(H,17,18). The summed E-state index contributed by atoms with van der Waals surface area (Å²) in [5, 5.41) is 5.91. The predicted octanol–water partition coefficient (Wildman–Crippen LogP) is 2.92. The number of benzene rings is 2. The molecular formula is C15H14N2O2. The van der Waals surface area contributed by atoms with Crippen molar-refractivity contribution in [3.8, 4) is 11.1 Å². The monoisotopic (exact) mass is 254 g/mol. The second kappa shape index (κ2) is 6.35. The van der Waals surface area contributed by atoms with E-state index in [-0.39, 0.29) is 12.5 Å². The summed E-state index contributed by atoms with van der Waals surface area (Å²) in [4.78, 5) is 16.1. The first-order valence-corrected chi connectivity index (χ1v) is 5.83. The fraction of sp³-hybridized carbons (Fsp3) is 0.0667. The van der Waals surface area contributed by atoms with Gasteiger partial charge in [-0.25, -0.2) is 0 Å². The van der Waals surface area contributed by atoms with Crippen LogP contribution in [0.15, 0.2) is 59.8 Å². The lowest BCUT2D eigenvalue weighted by Gasteiger charge is -2.07. The summed E-state index contributed by atoms with van der Waals surface area (Å²) >= 11 is 0. The van der Waals surface area contributed by atoms with Crippen LogP contribution in [0.1, 0.15) is 0 Å². The average Bonchev–Trinajstić information content (AvgIpc) is 2.46. The van der Waals surface area contributed by atoms with E-state index in [0.29, 0.717) is 0 Å². The molecule has 2 rings (SSSR count). The minimum atomic E-state index is -0.266. The number of carbonyl (C=O) groups is 1. The lowest BCUT2D eigenvalue weighted by atomic mass is 10.1. The molecule has 1 N–H and O–H groups in total. The van der Waals surface area contributed by atoms with Crippen molar-refractivity contribution in [2.24, 2.45) is 5.16 Å². The van der Waals surface area contributed by atoms with Crippen LogP contribution in [0.25, 0.3) is 11.1 Å². The molecule has 0 unspecified atom stereocenters. The van der Waals surface area contributed by atoms with Crippen molar-refractivity contribution in [3.63, 3.8) is 0 Å². The van der Waals surface area contributed by atoms with Gasteiger partial charge in [0.15, 0.2) is 6.61 Å². The van der Waals surface area contributed by atoms with Crippen molar-refractivity contribution in [3.05, 3.63) is 54.6 Å². The van der Waals surface area contributed by atoms with Crippen LogP contribution in [0.5, 0.6) is 0 Å². The van der Waals surface area contributed by atoms with Gasteiger partial charge in [0.05, 0.1) is 0 Å². The van der Waals surface area contributed by atoms with Crippen LogP contribution in [0, 0.1) is 0 Å². The van der Waals surface area contributed by atoms with E-state index < -0.39 is 0 Å². The number of hydrogen-bond donors (Lipinski definition) is 1. The van der Waals surface area contributed by atoms with Crippen LogP contribution in [0.2, 0.25) is 0 Å². The summed E-state index contributed by atoms with van der Waals surface area (Å²) in [6.45, 7) is 3.00. The molecule has 0 aromatic heterocycles. The number of hydrogen-bond acceptors (Lipinski definition) is 3. The van der Waals surface area contributed by atoms with E-state index in [1.54, 1.807) is 0 Å². The summed E-state index contributed by atoms with van der Waals surface area (Å²) in [6, 6.07) is 17.6. The summed E-state index contributed by atoms with van der Waals surface area (Å²) in [6.07, 6.45) is 0. The second-order valence-electron chi connectivity index (χ2n) is 3.90. The molecule has 0 aliphatic carbocycles. The van der Waals surface area contributed by atoms with Crippen molar-refractivity contribution in [1.29, 1.82) is 0 Å². The van der Waals surface area contributed by atoms with Crippen LogP contribution < -0.4 is 5.32 Å². The third kappa shape index (κ3) is 3.67. The molecule has 2 aromatic rings. The molecule has 0 atom stereocenters. The number of carbonyl (C=O) groups excluding carboxylic acids is 1. The van der Waals surface area contributed by atoms with Crippen LogP contribution >= 0.6 is 0 Å². The molecule has 0 aliphatic heterocycles. The summed E-state index contributed by atoms with van der Waals surface area (Å²) < 4.78 is 0. The molecule has 0 bridgehead atoms. The highest BCUT2D eigenvalue weighted by atomic mass is 16.6. The maximum absolute atomic E-state index is 11.5. The lowest BCUT2D eigenvalue weighted by molar-refractivity contribution is -0.120. The Hall–Kier alpha value is -2.62. The third-order valence-corrected chi connectivity index (χ3v) is 2.54. The highest BCUT2D eigenvalue weighted by Crippen LogP contribution is 2.22. The van der Waals surface area contributed by atoms with E-state index in [2.05, 4.69) is 22.0 Å². The topological polar surface area (TPSA) is 50.7 Å². The van der Waals surface area contributed by atoms with Crippen LogP contribution in [-0.2, 0) is 9.63 Å². The third-order valence-electron chi connectivity index (χ3n) is 2.54. The van der Waals surface area contributed by atoms with Crippen molar-refractivity contribution < 1.29 is 9.63 Å². The van der Waals surface area contributed by atoms with Gasteiger partial charge >= 0.3 is 0 Å². The van der Waals surface area contributed by atoms with Gasteiger partial charge in [0, 0.05) is 12.4 Å². The molecule has 0 heterocycles. The Morgan fingerprint density at radius 1 is 1.11 bits per heavy atom. The Morgan fingerprint density at radius 3 is 2.58 bits per heavy atom. The molecule has 0 saturated carbocycles. The van der Waals surface area contributed by atoms with Gasteiger partial charge in [-0.2, -0.15) is 0 Å². The molecular weight excluding hydrogens is 240 g/mol. The van der Waals surface area contributed by atoms with Gasteiger partial charge in [0.2, 0.25) is 0 Å². The molecule has 0 radical (unpaired) electrons. The summed E-state index contributed by atoms with van der Waals surface area (Å²) in [5.41, 5.74) is 2.86. The van der Waals surface area contributed by atoms with Gasteiger partial charge in [-0.1, -0.05) is 42.5 Å². The van der Waals surface area contributed by atoms with Gasteiger partial charge in [-0.05, 0) is 23.3 Å². The van der Waals surface area contributed by atoms with E-state index in [4.69, 9.17) is 0 Å². The molecule has 0 saturated heterocycles. The number of amides is 1. The number of anilines is 1. The zero-order valence-corrected chi connectivity index (χ0v) is 10.4. The van der Waals surface area contributed by atoms with Gasteiger partial charge in [-0.3, -0.25) is 4.79 Å². The van der Waals surface area contributed by atoms with Crippen molar-refractivity contribution >= 4 is 18.3 Å². The van der Waals surface area contributed by atoms with Crippen molar-refractivity contribution in [2.45, 2.75) is 0 Å². The Labute approximate surface area is 111 Å². The summed E-state index contributed by atoms with van der Waals surface area (Å²) in [7, 11) is 0. The fourth-order valence-corrected chi connectivity index (χ4v) is 1.71. The van der Waals surface area contributed by atoms with E-state index in [1.807, 2.05) is 54.6 Å². The highest BCUT2D eigenvalue weighted by Gasteiger charge is 2.04. The first-order valence-electron chi connectivity index (χ1n) is 5.83. The maximum atomic E-state index is 11.5.